The van der Waals surface area contributed by atoms with Gasteiger partial charge in [-0.25, -0.2) is 12.0 Å². The van der Waals surface area contributed by atoms with Crippen LogP contribution in [0.3, 0.4) is 0 Å². The van der Waals surface area contributed by atoms with Crippen LogP contribution in [-0.2, 0) is 42.1 Å². The fourth-order valence-corrected chi connectivity index (χ4v) is 8.99. The van der Waals surface area contributed by atoms with Crippen LogP contribution < -0.4 is 5.11 Å². The predicted molar refractivity (Wildman–Crippen MR) is 235 cm³/mol. The van der Waals surface area contributed by atoms with E-state index in [1.165, 1.54) is 51.4 Å². The molecular formula is C54H52O5Ti. The first-order valence-electron chi connectivity index (χ1n) is 20.4. The van der Waals surface area contributed by atoms with Crippen molar-refractivity contribution >= 4 is 11.9 Å². The zero-order chi connectivity index (χ0) is 41.5. The van der Waals surface area contributed by atoms with Gasteiger partial charge in [0.05, 0.1) is 0 Å². The third-order valence-corrected chi connectivity index (χ3v) is 11.6. The molecule has 2 N–H and O–H groups in total. The first-order valence-corrected chi connectivity index (χ1v) is 20.4. The number of rotatable bonds is 8. The van der Waals surface area contributed by atoms with Crippen molar-refractivity contribution in [2.24, 2.45) is 0 Å². The summed E-state index contributed by atoms with van der Waals surface area (Å²) in [5, 5.41) is 28.6. The summed E-state index contributed by atoms with van der Waals surface area (Å²) in [7, 11) is 0.750. The minimum absolute atomic E-state index is 0. The maximum Gasteiger partial charge on any atom is 2.00 e. The van der Waals surface area contributed by atoms with Gasteiger partial charge in [-0.3, -0.25) is 9.59 Å². The molecule has 9 rings (SSSR count). The van der Waals surface area contributed by atoms with E-state index in [-0.39, 0.29) is 21.7 Å². The molecule has 0 bridgehead atoms. The number of benzene rings is 6. The zero-order valence-corrected chi connectivity index (χ0v) is 35.7. The van der Waals surface area contributed by atoms with Crippen LogP contribution >= 0.6 is 0 Å². The number of hydrogen-bond donors (Lipinski definition) is 2. The smallest absolute Gasteiger partial charge is 0.857 e. The van der Waals surface area contributed by atoms with Crippen molar-refractivity contribution in [2.75, 3.05) is 7.11 Å². The average Bonchev–Trinajstić information content (AvgIpc) is 3.69. The van der Waals surface area contributed by atoms with Crippen LogP contribution in [0.25, 0.3) is 0 Å². The first-order chi connectivity index (χ1) is 29.0. The number of carboxylic acids is 2. The molecule has 0 saturated heterocycles. The Labute approximate surface area is 370 Å². The summed E-state index contributed by atoms with van der Waals surface area (Å²) in [6.45, 7) is 0. The first kappa shape index (κ1) is 45.4. The van der Waals surface area contributed by atoms with Crippen LogP contribution in [0.2, 0.25) is 0 Å². The van der Waals surface area contributed by atoms with Gasteiger partial charge in [-0.1, -0.05) is 207 Å². The van der Waals surface area contributed by atoms with Gasteiger partial charge in [0.2, 0.25) is 0 Å². The molecule has 0 heterocycles. The predicted octanol–water partition coefficient (Wildman–Crippen LogP) is 11.1. The van der Waals surface area contributed by atoms with E-state index in [1.807, 2.05) is 182 Å². The fraction of sp³-hybridized carbons (Fsp3) is 0.204. The molecule has 0 aliphatic heterocycles. The number of hydrogen-bond acceptors (Lipinski definition) is 3. The molecule has 0 saturated carbocycles. The molecule has 5 nitrogen and oxygen atoms in total. The second-order valence-electron chi connectivity index (χ2n) is 14.9. The van der Waals surface area contributed by atoms with Crippen molar-refractivity contribution in [3.05, 3.63) is 244 Å². The Bertz CT molecular complexity index is 1950. The van der Waals surface area contributed by atoms with E-state index in [9.17, 15) is 19.8 Å². The Morgan fingerprint density at radius 2 is 0.733 bits per heavy atom. The van der Waals surface area contributed by atoms with E-state index in [2.05, 4.69) is 6.42 Å². The molecule has 302 valence electrons. The molecule has 0 unspecified atom stereocenters. The van der Waals surface area contributed by atoms with E-state index in [4.69, 9.17) is 5.11 Å². The molecule has 3 aliphatic carbocycles. The Kier molecular flexibility index (Phi) is 16.7. The summed E-state index contributed by atoms with van der Waals surface area (Å²) >= 11 is 0. The van der Waals surface area contributed by atoms with Gasteiger partial charge >= 0.3 is 33.7 Å². The summed E-state index contributed by atoms with van der Waals surface area (Å²) < 4.78 is 0. The van der Waals surface area contributed by atoms with E-state index in [1.54, 1.807) is 22.3 Å². The molecule has 0 fully saturated rings. The van der Waals surface area contributed by atoms with Gasteiger partial charge in [0.15, 0.2) is 0 Å². The molecule has 6 heteroatoms. The van der Waals surface area contributed by atoms with E-state index in [0.29, 0.717) is 0 Å². The van der Waals surface area contributed by atoms with Crippen molar-refractivity contribution < 1.29 is 46.6 Å². The van der Waals surface area contributed by atoms with Gasteiger partial charge in [0.1, 0.15) is 10.8 Å². The number of carboxylic acid groups (broad SMARTS) is 2. The molecule has 3 aliphatic rings. The second kappa shape index (κ2) is 22.0. The maximum absolute atomic E-state index is 12.4. The summed E-state index contributed by atoms with van der Waals surface area (Å²) in [4.78, 5) is 24.8. The van der Waals surface area contributed by atoms with Crippen LogP contribution in [0.15, 0.2) is 204 Å². The van der Waals surface area contributed by atoms with Crippen molar-refractivity contribution in [3.63, 3.8) is 0 Å². The minimum atomic E-state index is -1.20. The number of fused-ring (bicyclic) bond motifs is 1. The van der Waals surface area contributed by atoms with Gasteiger partial charge < -0.3 is 15.3 Å². The molecule has 6 aromatic rings. The molecular weight excluding hydrogens is 776 g/mol. The van der Waals surface area contributed by atoms with Crippen molar-refractivity contribution in [2.45, 2.75) is 62.2 Å². The minimum Gasteiger partial charge on any atom is -0.857 e. The van der Waals surface area contributed by atoms with Gasteiger partial charge in [-0.15, -0.1) is 12.0 Å². The van der Waals surface area contributed by atoms with Gasteiger partial charge in [0.25, 0.3) is 0 Å². The van der Waals surface area contributed by atoms with Crippen LogP contribution in [0, 0.1) is 6.42 Å². The Morgan fingerprint density at radius 1 is 0.450 bits per heavy atom. The standard InChI is InChI=1S/2C20H16O2.C13H17.CH3O.Ti/c2*21-19(22)20(16-10-4-1-5-11-16,17-12-6-2-7-13-17)18-14-8-3-9-15-18;1-3-7-12-10(5-1)9-11-6-2-4-8-13(11)12;1-2;/h2*1-15H,(H,21,22);5H,1-4,6-9H2;1H3;/q;;2*-1;+2. The van der Waals surface area contributed by atoms with Crippen molar-refractivity contribution in [3.8, 4) is 0 Å². The third-order valence-electron chi connectivity index (χ3n) is 11.6. The summed E-state index contributed by atoms with van der Waals surface area (Å²) in [5.41, 5.74) is 9.15. The van der Waals surface area contributed by atoms with Crippen molar-refractivity contribution in [1.29, 1.82) is 0 Å². The van der Waals surface area contributed by atoms with Gasteiger partial charge in [-0.2, -0.15) is 12.7 Å². The maximum atomic E-state index is 12.4. The average molecular weight is 829 g/mol. The normalized spacial score (nSPS) is 14.1. The van der Waals surface area contributed by atoms with Crippen LogP contribution in [-0.4, -0.2) is 29.3 Å². The number of aliphatic carboxylic acids is 2. The fourth-order valence-electron chi connectivity index (χ4n) is 8.99. The molecule has 0 radical (unpaired) electrons. The van der Waals surface area contributed by atoms with E-state index >= 15 is 0 Å². The third kappa shape index (κ3) is 9.50. The summed E-state index contributed by atoms with van der Waals surface area (Å²) in [6, 6.07) is 56.3. The Balaban J connectivity index is 0.000000171. The van der Waals surface area contributed by atoms with E-state index in [0.717, 1.165) is 40.5 Å². The molecule has 60 heavy (non-hydrogen) atoms. The van der Waals surface area contributed by atoms with E-state index < -0.39 is 22.8 Å². The quantitative estimate of drug-likeness (QED) is 0.0905. The second-order valence-corrected chi connectivity index (χ2v) is 14.9. The molecule has 6 aromatic carbocycles. The van der Waals surface area contributed by atoms with Gasteiger partial charge in [0, 0.05) is 0 Å². The van der Waals surface area contributed by atoms with Crippen molar-refractivity contribution in [1.82, 2.24) is 0 Å². The van der Waals surface area contributed by atoms with Crippen LogP contribution in [0.4, 0.5) is 0 Å². The molecule has 0 amide bonds. The molecule has 0 aromatic heterocycles. The van der Waals surface area contributed by atoms with Crippen LogP contribution in [0.5, 0.6) is 0 Å². The monoisotopic (exact) mass is 828 g/mol. The summed E-state index contributed by atoms with van der Waals surface area (Å²) in [6.07, 6.45) is 13.6. The largest absolute Gasteiger partial charge is 2.00 e. The summed E-state index contributed by atoms with van der Waals surface area (Å²) in [5.74, 6) is -1.76. The number of carbonyl (C=O) groups is 2. The Hall–Kier alpha value is -5.72. The Morgan fingerprint density at radius 3 is 1.03 bits per heavy atom. The zero-order valence-electron chi connectivity index (χ0n) is 34.2. The molecule has 0 spiro atoms. The van der Waals surface area contributed by atoms with Crippen LogP contribution in [0.1, 0.15) is 84.7 Å². The topological polar surface area (TPSA) is 97.7 Å². The van der Waals surface area contributed by atoms with Gasteiger partial charge in [-0.05, 0) is 59.1 Å². The SMILES string of the molecule is C[O-].O=C(O)C(c1ccccc1)(c1ccccc1)c1ccccc1.O=C(O)C(c1ccccc1)(c1ccccc1)c1ccccc1.[CH-]1CCCC2=C1CC1=C2CCCC1.[Ti+2]. The molecule has 0 atom stereocenters. The number of allylic oxidation sites excluding steroid dienone is 4.